The number of rotatable bonds is 7. The first-order valence-corrected chi connectivity index (χ1v) is 9.95. The summed E-state index contributed by atoms with van der Waals surface area (Å²) in [4.78, 5) is 14.2. The smallest absolute Gasteiger partial charge is 0.276 e. The molecule has 1 N–H and O–H groups in total. The molecule has 1 aromatic rings. The van der Waals surface area contributed by atoms with Crippen molar-refractivity contribution in [3.8, 4) is 0 Å². The largest absolute Gasteiger partial charge is 0.361 e. The molecule has 0 aromatic carbocycles. The Bertz CT molecular complexity index is 641. The molecule has 7 nitrogen and oxygen atoms in total. The number of nitrogens with one attached hydrogen (secondary N) is 1. The van der Waals surface area contributed by atoms with Gasteiger partial charge in [0.05, 0.1) is 6.26 Å². The number of amides is 1. The molecule has 0 spiro atoms. The second-order valence-corrected chi connectivity index (χ2v) is 7.96. The van der Waals surface area contributed by atoms with Gasteiger partial charge in [-0.3, -0.25) is 4.79 Å². The maximum Gasteiger partial charge on any atom is 0.276 e. The monoisotopic (exact) mass is 343 g/mol. The van der Waals surface area contributed by atoms with E-state index in [9.17, 15) is 13.2 Å². The van der Waals surface area contributed by atoms with Gasteiger partial charge in [0.25, 0.3) is 5.91 Å². The van der Waals surface area contributed by atoms with E-state index in [0.717, 1.165) is 31.9 Å². The number of carbonyl (C=O) groups is 1. The van der Waals surface area contributed by atoms with Crippen LogP contribution in [0.3, 0.4) is 0 Å². The Labute approximate surface area is 137 Å². The summed E-state index contributed by atoms with van der Waals surface area (Å²) < 4.78 is 30.8. The van der Waals surface area contributed by atoms with Gasteiger partial charge in [-0.15, -0.1) is 0 Å². The van der Waals surface area contributed by atoms with E-state index >= 15 is 0 Å². The Morgan fingerprint density at radius 3 is 2.74 bits per heavy atom. The number of aryl methyl sites for hydroxylation is 1. The molecule has 23 heavy (non-hydrogen) atoms. The quantitative estimate of drug-likeness (QED) is 0.808. The number of hydrogen-bond donors (Lipinski definition) is 1. The fourth-order valence-electron chi connectivity index (χ4n) is 3.05. The van der Waals surface area contributed by atoms with Gasteiger partial charge in [-0.1, -0.05) is 25.4 Å². The summed E-state index contributed by atoms with van der Waals surface area (Å²) in [6.07, 6.45) is 4.63. The Balaban J connectivity index is 2.08. The van der Waals surface area contributed by atoms with Gasteiger partial charge >= 0.3 is 0 Å². The highest BCUT2D eigenvalue weighted by atomic mass is 32.2. The van der Waals surface area contributed by atoms with Crippen molar-refractivity contribution >= 4 is 15.9 Å². The number of hydrogen-bond acceptors (Lipinski definition) is 5. The molecule has 130 valence electrons. The van der Waals surface area contributed by atoms with E-state index in [1.165, 1.54) is 0 Å². The summed E-state index contributed by atoms with van der Waals surface area (Å²) in [6.45, 7) is 4.99. The molecular formula is C15H25N3O4S. The number of likely N-dealkylation sites (tertiary alicyclic amines) is 1. The van der Waals surface area contributed by atoms with E-state index in [4.69, 9.17) is 4.52 Å². The molecule has 2 rings (SSSR count). The third-order valence-corrected chi connectivity index (χ3v) is 4.76. The summed E-state index contributed by atoms with van der Waals surface area (Å²) in [6, 6.07) is 1.44. The molecule has 1 aromatic heterocycles. The molecule has 2 atom stereocenters. The van der Waals surface area contributed by atoms with Crippen molar-refractivity contribution in [2.75, 3.05) is 19.3 Å². The van der Waals surface area contributed by atoms with Gasteiger partial charge < -0.3 is 9.42 Å². The molecule has 0 radical (unpaired) electrons. The standard InChI is InChI=1S/C15H25N3O4S/c1-4-6-11-9-18(10-14(11)17-23(3,20)21)15(19)13-8-12(7-5-2)22-16-13/h8,11,14,17H,4-7,9-10H2,1-3H3/t11-,14-/m1/s1. The zero-order chi connectivity index (χ0) is 17.0. The normalized spacial score (nSPS) is 21.8. The molecule has 1 saturated heterocycles. The van der Waals surface area contributed by atoms with Crippen LogP contribution in [0.5, 0.6) is 0 Å². The van der Waals surface area contributed by atoms with Gasteiger partial charge in [-0.2, -0.15) is 0 Å². The van der Waals surface area contributed by atoms with Gasteiger partial charge in [0.1, 0.15) is 5.76 Å². The van der Waals surface area contributed by atoms with Crippen LogP contribution in [0, 0.1) is 5.92 Å². The van der Waals surface area contributed by atoms with Crippen LogP contribution in [0.25, 0.3) is 0 Å². The van der Waals surface area contributed by atoms with Crippen LogP contribution in [-0.4, -0.2) is 49.8 Å². The van der Waals surface area contributed by atoms with Crippen molar-refractivity contribution in [3.05, 3.63) is 17.5 Å². The lowest BCUT2D eigenvalue weighted by molar-refractivity contribution is 0.0774. The average Bonchev–Trinajstić information content (AvgIpc) is 3.05. The van der Waals surface area contributed by atoms with E-state index in [1.54, 1.807) is 11.0 Å². The topological polar surface area (TPSA) is 92.5 Å². The Hall–Kier alpha value is -1.41. The van der Waals surface area contributed by atoms with E-state index in [1.807, 2.05) is 6.92 Å². The summed E-state index contributed by atoms with van der Waals surface area (Å²) in [7, 11) is -3.30. The van der Waals surface area contributed by atoms with Crippen LogP contribution in [0.1, 0.15) is 49.4 Å². The van der Waals surface area contributed by atoms with Gasteiger partial charge in [-0.05, 0) is 18.8 Å². The minimum absolute atomic E-state index is 0.126. The first kappa shape index (κ1) is 17.9. The molecule has 1 aliphatic rings. The highest BCUT2D eigenvalue weighted by Gasteiger charge is 2.37. The number of carbonyl (C=O) groups excluding carboxylic acids is 1. The minimum atomic E-state index is -3.30. The lowest BCUT2D eigenvalue weighted by Crippen LogP contribution is -2.40. The van der Waals surface area contributed by atoms with Gasteiger partial charge in [0.2, 0.25) is 10.0 Å². The van der Waals surface area contributed by atoms with Crippen LogP contribution in [-0.2, 0) is 16.4 Å². The van der Waals surface area contributed by atoms with E-state index in [-0.39, 0.29) is 17.9 Å². The molecule has 0 bridgehead atoms. The highest BCUT2D eigenvalue weighted by molar-refractivity contribution is 7.88. The van der Waals surface area contributed by atoms with E-state index in [0.29, 0.717) is 24.5 Å². The van der Waals surface area contributed by atoms with Crippen LogP contribution in [0.4, 0.5) is 0 Å². The van der Waals surface area contributed by atoms with Crippen molar-refractivity contribution < 1.29 is 17.7 Å². The fraction of sp³-hybridized carbons (Fsp3) is 0.733. The van der Waals surface area contributed by atoms with Gasteiger partial charge in [-0.25, -0.2) is 13.1 Å². The molecule has 2 heterocycles. The minimum Gasteiger partial charge on any atom is -0.361 e. The van der Waals surface area contributed by atoms with Crippen molar-refractivity contribution in [1.82, 2.24) is 14.8 Å². The maximum atomic E-state index is 12.6. The predicted molar refractivity (Wildman–Crippen MR) is 86.6 cm³/mol. The maximum absolute atomic E-state index is 12.6. The van der Waals surface area contributed by atoms with E-state index in [2.05, 4.69) is 16.8 Å². The van der Waals surface area contributed by atoms with Crippen LogP contribution in [0.2, 0.25) is 0 Å². The predicted octanol–water partition coefficient (Wildman–Crippen LogP) is 1.42. The summed E-state index contributed by atoms with van der Waals surface area (Å²) in [5.74, 6) is 0.627. The second-order valence-electron chi connectivity index (χ2n) is 6.18. The van der Waals surface area contributed by atoms with Crippen molar-refractivity contribution in [1.29, 1.82) is 0 Å². The summed E-state index contributed by atoms with van der Waals surface area (Å²) in [5.41, 5.74) is 0.295. The second kappa shape index (κ2) is 7.44. The molecule has 8 heteroatoms. The Morgan fingerprint density at radius 2 is 2.13 bits per heavy atom. The van der Waals surface area contributed by atoms with Crippen molar-refractivity contribution in [2.45, 2.75) is 45.6 Å². The molecule has 1 aliphatic heterocycles. The zero-order valence-corrected chi connectivity index (χ0v) is 14.7. The first-order valence-electron chi connectivity index (χ1n) is 8.06. The first-order chi connectivity index (χ1) is 10.8. The van der Waals surface area contributed by atoms with Crippen molar-refractivity contribution in [2.24, 2.45) is 5.92 Å². The molecule has 1 fully saturated rings. The number of sulfonamides is 1. The third kappa shape index (κ3) is 4.78. The highest BCUT2D eigenvalue weighted by Crippen LogP contribution is 2.24. The van der Waals surface area contributed by atoms with Gasteiger partial charge in [0.15, 0.2) is 5.69 Å². The van der Waals surface area contributed by atoms with E-state index < -0.39 is 10.0 Å². The van der Waals surface area contributed by atoms with Crippen LogP contribution in [0.15, 0.2) is 10.6 Å². The zero-order valence-electron chi connectivity index (χ0n) is 13.9. The molecule has 1 amide bonds. The number of aromatic nitrogens is 1. The summed E-state index contributed by atoms with van der Waals surface area (Å²) >= 11 is 0. The third-order valence-electron chi connectivity index (χ3n) is 4.03. The van der Waals surface area contributed by atoms with Gasteiger partial charge in [0, 0.05) is 31.6 Å². The summed E-state index contributed by atoms with van der Waals surface area (Å²) in [5, 5.41) is 3.85. The van der Waals surface area contributed by atoms with Crippen LogP contribution < -0.4 is 4.72 Å². The fourth-order valence-corrected chi connectivity index (χ4v) is 3.87. The Morgan fingerprint density at radius 1 is 1.39 bits per heavy atom. The lowest BCUT2D eigenvalue weighted by atomic mass is 9.99. The molecule has 0 unspecified atom stereocenters. The average molecular weight is 343 g/mol. The molecule has 0 aliphatic carbocycles. The SMILES string of the molecule is CCCc1cc(C(=O)N2C[C@@H](CCC)[C@H](NS(C)(=O)=O)C2)no1. The molecular weight excluding hydrogens is 318 g/mol. The van der Waals surface area contributed by atoms with Crippen LogP contribution >= 0.6 is 0 Å². The number of nitrogens with zero attached hydrogens (tertiary/aromatic N) is 2. The lowest BCUT2D eigenvalue weighted by Gasteiger charge is -2.17. The molecule has 0 saturated carbocycles. The van der Waals surface area contributed by atoms with Crippen molar-refractivity contribution in [3.63, 3.8) is 0 Å². The Kier molecular flexibility index (Phi) is 5.80.